The molecule has 0 bridgehead atoms. The Morgan fingerprint density at radius 1 is 0.951 bits per heavy atom. The van der Waals surface area contributed by atoms with E-state index in [1.807, 2.05) is 33.9 Å². The van der Waals surface area contributed by atoms with Crippen LogP contribution in [0.3, 0.4) is 0 Å². The van der Waals surface area contributed by atoms with Gasteiger partial charge in [0.1, 0.15) is 5.75 Å². The van der Waals surface area contributed by atoms with Gasteiger partial charge in [-0.3, -0.25) is 24.5 Å². The van der Waals surface area contributed by atoms with Gasteiger partial charge in [0.05, 0.1) is 30.3 Å². The summed E-state index contributed by atoms with van der Waals surface area (Å²) in [7, 11) is -1.17. The second kappa shape index (κ2) is 13.4. The molecule has 228 valence electrons. The molecule has 1 aliphatic heterocycles. The van der Waals surface area contributed by atoms with E-state index < -0.39 is 67.8 Å². The Labute approximate surface area is 238 Å². The molecule has 0 N–H and O–H groups in total. The molecule has 14 nitrogen and oxygen atoms in total. The fraction of sp³-hybridized carbons (Fsp3) is 0.615. The van der Waals surface area contributed by atoms with E-state index in [0.29, 0.717) is 5.56 Å². The number of hydrogen-bond acceptors (Lipinski definition) is 13. The van der Waals surface area contributed by atoms with Crippen molar-refractivity contribution < 1.29 is 56.9 Å². The summed E-state index contributed by atoms with van der Waals surface area (Å²) < 4.78 is 38.3. The Morgan fingerprint density at radius 3 is 1.98 bits per heavy atom. The lowest BCUT2D eigenvalue weighted by atomic mass is 9.97. The van der Waals surface area contributed by atoms with Gasteiger partial charge in [-0.05, 0) is 30.3 Å². The van der Waals surface area contributed by atoms with E-state index in [2.05, 4.69) is 0 Å². The van der Waals surface area contributed by atoms with Crippen LogP contribution < -0.4 is 4.74 Å². The number of nitrogens with zero attached hydrogens (tertiary/aromatic N) is 1. The molecule has 0 unspecified atom stereocenters. The Hall–Kier alpha value is -3.56. The molecule has 1 aromatic rings. The highest BCUT2D eigenvalue weighted by atomic mass is 28.4. The van der Waals surface area contributed by atoms with Gasteiger partial charge >= 0.3 is 23.9 Å². The minimum absolute atomic E-state index is 0.00784. The quantitative estimate of drug-likeness (QED) is 0.126. The highest BCUT2D eigenvalue weighted by Crippen LogP contribution is 2.38. The zero-order chi connectivity index (χ0) is 31.3. The second-order valence-corrected chi connectivity index (χ2v) is 15.7. The summed E-state index contributed by atoms with van der Waals surface area (Å²) in [6, 6.07) is 4.00. The van der Waals surface area contributed by atoms with Crippen LogP contribution in [0.1, 0.15) is 47.1 Å². The number of rotatable bonds is 10. The molecule has 0 aliphatic carbocycles. The SMILES string of the molecule is COC(=O)[C@H]1O[C@@H](Oc2ccc(CO[Si](C)(C)C(C)(C)C)c([N+](=O)[O-])c2)[C@H](OC(C)=O)[C@@H](OC(C)=O)[C@@H]1OC(C)=O. The van der Waals surface area contributed by atoms with Crippen LogP contribution in [0.15, 0.2) is 18.2 Å². The average molecular weight is 600 g/mol. The predicted octanol–water partition coefficient (Wildman–Crippen LogP) is 3.19. The van der Waals surface area contributed by atoms with Gasteiger partial charge in [-0.2, -0.15) is 0 Å². The largest absolute Gasteiger partial charge is 0.467 e. The molecular weight excluding hydrogens is 562 g/mol. The standard InChI is InChI=1S/C26H37NO13Si/c1-14(28)36-20-21(37-15(2)29)23(38-16(3)30)25(40-22(20)24(31)34-7)39-18-11-10-17(19(12-18)27(32)33)13-35-41(8,9)26(4,5)6/h10-12,20-23,25H,13H2,1-9H3/t20-,21-,22-,23+,25+/m0/s1. The number of carbonyl (C=O) groups excluding carboxylic acids is 4. The molecule has 1 aliphatic rings. The lowest BCUT2D eigenvalue weighted by Crippen LogP contribution is -2.64. The van der Waals surface area contributed by atoms with Crippen LogP contribution in [0.4, 0.5) is 5.69 Å². The Morgan fingerprint density at radius 2 is 1.49 bits per heavy atom. The third-order valence-corrected chi connectivity index (χ3v) is 11.2. The van der Waals surface area contributed by atoms with Crippen molar-refractivity contribution in [2.75, 3.05) is 7.11 Å². The molecule has 0 aromatic heterocycles. The van der Waals surface area contributed by atoms with Gasteiger partial charge in [0.15, 0.2) is 26.6 Å². The number of nitro groups is 1. The predicted molar refractivity (Wildman–Crippen MR) is 143 cm³/mol. The van der Waals surface area contributed by atoms with Gasteiger partial charge in [-0.1, -0.05) is 20.8 Å². The fourth-order valence-corrected chi connectivity index (χ4v) is 4.64. The molecule has 1 aromatic carbocycles. The minimum Gasteiger partial charge on any atom is -0.467 e. The van der Waals surface area contributed by atoms with Crippen molar-refractivity contribution in [1.82, 2.24) is 0 Å². The van der Waals surface area contributed by atoms with Crippen molar-refractivity contribution in [2.24, 2.45) is 0 Å². The fourth-order valence-electron chi connectivity index (χ4n) is 3.69. The number of benzene rings is 1. The van der Waals surface area contributed by atoms with Gasteiger partial charge in [0.25, 0.3) is 5.69 Å². The van der Waals surface area contributed by atoms with Gasteiger partial charge in [-0.25, -0.2) is 4.79 Å². The maximum atomic E-state index is 12.6. The number of carbonyl (C=O) groups is 4. The number of ether oxygens (including phenoxy) is 6. The molecular formula is C26H37NO13Si. The van der Waals surface area contributed by atoms with Crippen molar-refractivity contribution in [1.29, 1.82) is 0 Å². The molecule has 0 spiro atoms. The molecule has 0 amide bonds. The van der Waals surface area contributed by atoms with E-state index in [-0.39, 0.29) is 23.1 Å². The number of methoxy groups -OCH3 is 1. The smallest absolute Gasteiger partial charge is 0.339 e. The summed E-state index contributed by atoms with van der Waals surface area (Å²) in [5.74, 6) is -3.64. The highest BCUT2D eigenvalue weighted by Gasteiger charge is 2.56. The topological polar surface area (TPSA) is 176 Å². The van der Waals surface area contributed by atoms with E-state index >= 15 is 0 Å². The molecule has 15 heteroatoms. The molecule has 5 atom stereocenters. The summed E-state index contributed by atoms with van der Waals surface area (Å²) in [4.78, 5) is 59.7. The molecule has 1 fully saturated rings. The van der Waals surface area contributed by atoms with Crippen LogP contribution in [0.5, 0.6) is 5.75 Å². The van der Waals surface area contributed by atoms with Crippen molar-refractivity contribution in [3.63, 3.8) is 0 Å². The Kier molecular flexibility index (Phi) is 11.0. The normalized spacial score (nSPS) is 22.7. The van der Waals surface area contributed by atoms with Crippen LogP contribution in [-0.2, 0) is 53.9 Å². The summed E-state index contributed by atoms with van der Waals surface area (Å²) in [5, 5.41) is 11.8. The lowest BCUT2D eigenvalue weighted by Gasteiger charge is -2.43. The first kappa shape index (κ1) is 33.6. The third-order valence-electron chi connectivity index (χ3n) is 6.73. The number of hydrogen-bond donors (Lipinski definition) is 0. The summed E-state index contributed by atoms with van der Waals surface area (Å²) in [6.07, 6.45) is -8.00. The van der Waals surface area contributed by atoms with Crippen molar-refractivity contribution in [3.8, 4) is 5.75 Å². The van der Waals surface area contributed by atoms with Gasteiger partial charge in [-0.15, -0.1) is 0 Å². The van der Waals surface area contributed by atoms with Gasteiger partial charge in [0, 0.05) is 20.8 Å². The maximum Gasteiger partial charge on any atom is 0.339 e. The zero-order valence-corrected chi connectivity index (χ0v) is 25.6. The average Bonchev–Trinajstić information content (AvgIpc) is 2.84. The van der Waals surface area contributed by atoms with Crippen LogP contribution >= 0.6 is 0 Å². The second-order valence-electron chi connectivity index (χ2n) is 10.9. The monoisotopic (exact) mass is 599 g/mol. The van der Waals surface area contributed by atoms with Gasteiger partial charge in [0.2, 0.25) is 12.4 Å². The molecule has 1 saturated heterocycles. The summed E-state index contributed by atoms with van der Waals surface area (Å²) >= 11 is 0. The third kappa shape index (κ3) is 8.71. The highest BCUT2D eigenvalue weighted by molar-refractivity contribution is 6.74. The lowest BCUT2D eigenvalue weighted by molar-refractivity contribution is -0.386. The first-order valence-corrected chi connectivity index (χ1v) is 15.6. The molecule has 0 radical (unpaired) electrons. The van der Waals surface area contributed by atoms with E-state index in [0.717, 1.165) is 33.9 Å². The van der Waals surface area contributed by atoms with Crippen LogP contribution in [-0.4, -0.2) is 74.9 Å². The van der Waals surface area contributed by atoms with E-state index in [9.17, 15) is 29.3 Å². The summed E-state index contributed by atoms with van der Waals surface area (Å²) in [5.41, 5.74) is -0.00618. The Bertz CT molecular complexity index is 1160. The number of nitro benzene ring substituents is 1. The maximum absolute atomic E-state index is 12.6. The van der Waals surface area contributed by atoms with Crippen molar-refractivity contribution in [2.45, 2.75) is 97.0 Å². The van der Waals surface area contributed by atoms with E-state index in [4.69, 9.17) is 32.8 Å². The molecule has 0 saturated carbocycles. The zero-order valence-electron chi connectivity index (χ0n) is 24.6. The minimum atomic E-state index is -2.22. The first-order chi connectivity index (χ1) is 18.9. The van der Waals surface area contributed by atoms with Crippen LogP contribution in [0.2, 0.25) is 18.1 Å². The first-order valence-electron chi connectivity index (χ1n) is 12.7. The molecule has 2 rings (SSSR count). The van der Waals surface area contributed by atoms with Crippen molar-refractivity contribution >= 4 is 37.9 Å². The van der Waals surface area contributed by atoms with Crippen LogP contribution in [0, 0.1) is 10.1 Å². The van der Waals surface area contributed by atoms with Gasteiger partial charge < -0.3 is 32.8 Å². The molecule has 1 heterocycles. The van der Waals surface area contributed by atoms with Crippen molar-refractivity contribution in [3.05, 3.63) is 33.9 Å². The van der Waals surface area contributed by atoms with Crippen LogP contribution in [0.25, 0.3) is 0 Å². The Balaban J connectivity index is 2.50. The number of esters is 4. The summed E-state index contributed by atoms with van der Waals surface area (Å²) in [6.45, 7) is 13.3. The molecule has 41 heavy (non-hydrogen) atoms. The van der Waals surface area contributed by atoms with E-state index in [1.54, 1.807) is 0 Å². The van der Waals surface area contributed by atoms with E-state index in [1.165, 1.54) is 12.1 Å².